The molecule has 0 atom stereocenters. The van der Waals surface area contributed by atoms with Gasteiger partial charge in [0.1, 0.15) is 0 Å². The van der Waals surface area contributed by atoms with E-state index < -0.39 is 11.9 Å². The van der Waals surface area contributed by atoms with Crippen molar-refractivity contribution in [3.05, 3.63) is 37.1 Å². The monoisotopic (exact) mass is 264 g/mol. The molecule has 0 radical (unpaired) electrons. The van der Waals surface area contributed by atoms with Crippen molar-refractivity contribution >= 4 is 29.5 Å². The van der Waals surface area contributed by atoms with E-state index in [1.807, 2.05) is 0 Å². The van der Waals surface area contributed by atoms with E-state index in [1.54, 1.807) is 0 Å². The Balaban J connectivity index is -0.000000193. The molecule has 7 heteroatoms. The molecule has 0 heterocycles. The first-order chi connectivity index (χ1) is 7.81. The molecule has 0 saturated carbocycles. The molecule has 0 saturated heterocycles. The van der Waals surface area contributed by atoms with Gasteiger partial charge in [-0.05, 0) is 5.54 Å². The lowest BCUT2D eigenvalue weighted by Gasteiger charge is -1.83. The zero-order valence-electron chi connectivity index (χ0n) is 9.13. The smallest absolute Gasteiger partial charge is 0.328 e. The Morgan fingerprint density at radius 3 is 1.47 bits per heavy atom. The molecule has 0 aromatic carbocycles. The molecule has 0 aromatic rings. The molecule has 0 unspecified atom stereocenters. The van der Waals surface area contributed by atoms with Crippen LogP contribution in [0, 0.1) is 0 Å². The number of ether oxygens (including phenoxy) is 1. The number of carbonyl (C=O) groups is 3. The van der Waals surface area contributed by atoms with E-state index >= 15 is 0 Å². The van der Waals surface area contributed by atoms with Crippen molar-refractivity contribution in [1.29, 1.82) is 0 Å². The van der Waals surface area contributed by atoms with E-state index in [4.69, 9.17) is 21.8 Å². The van der Waals surface area contributed by atoms with Crippen LogP contribution >= 0.6 is 11.6 Å². The minimum absolute atomic E-state index is 0.329. The van der Waals surface area contributed by atoms with Crippen LogP contribution in [0.2, 0.25) is 0 Å². The quantitative estimate of drug-likeness (QED) is 0.458. The maximum absolute atomic E-state index is 9.75. The number of aliphatic carboxylic acids is 2. The third-order valence-electron chi connectivity index (χ3n) is 0.618. The number of halogens is 1. The third-order valence-corrected chi connectivity index (χ3v) is 0.618. The molecular weight excluding hydrogens is 252 g/mol. The van der Waals surface area contributed by atoms with Gasteiger partial charge in [0.15, 0.2) is 0 Å². The van der Waals surface area contributed by atoms with Gasteiger partial charge in [-0.3, -0.25) is 4.79 Å². The molecule has 0 aliphatic rings. The molecule has 0 bridgehead atoms. The molecule has 0 amide bonds. The lowest BCUT2D eigenvalue weighted by atomic mass is 10.5. The van der Waals surface area contributed by atoms with Crippen LogP contribution < -0.4 is 0 Å². The first-order valence-electron chi connectivity index (χ1n) is 3.94. The largest absolute Gasteiger partial charge is 0.478 e. The normalized spacial score (nSPS) is 7.65. The van der Waals surface area contributed by atoms with Crippen LogP contribution in [-0.2, 0) is 19.1 Å². The summed E-state index contributed by atoms with van der Waals surface area (Å²) >= 11 is 4.76. The van der Waals surface area contributed by atoms with Crippen LogP contribution in [-0.4, -0.2) is 28.1 Å². The van der Waals surface area contributed by atoms with Gasteiger partial charge in [-0.15, -0.1) is 0 Å². The van der Waals surface area contributed by atoms with Gasteiger partial charge in [0.2, 0.25) is 0 Å². The first-order valence-corrected chi connectivity index (χ1v) is 4.38. The lowest BCUT2D eigenvalue weighted by Crippen LogP contribution is -1.91. The van der Waals surface area contributed by atoms with Gasteiger partial charge >= 0.3 is 17.9 Å². The SMILES string of the molecule is C=CCl.C=COC(C)=O.O=C(O)/C=C\C(=O)O. The van der Waals surface area contributed by atoms with Crippen LogP contribution in [0.5, 0.6) is 0 Å². The van der Waals surface area contributed by atoms with Gasteiger partial charge in [-0.25, -0.2) is 9.59 Å². The highest BCUT2D eigenvalue weighted by Crippen LogP contribution is 1.71. The van der Waals surface area contributed by atoms with Gasteiger partial charge in [0.05, 0.1) is 6.26 Å². The fourth-order valence-corrected chi connectivity index (χ4v) is 0.260. The Morgan fingerprint density at radius 2 is 1.41 bits per heavy atom. The molecule has 0 aliphatic carbocycles. The molecule has 0 spiro atoms. The van der Waals surface area contributed by atoms with Crippen LogP contribution in [0.1, 0.15) is 6.92 Å². The molecule has 0 rings (SSSR count). The Morgan fingerprint density at radius 1 is 1.12 bits per heavy atom. The summed E-state index contributed by atoms with van der Waals surface area (Å²) in [7, 11) is 0. The minimum Gasteiger partial charge on any atom is -0.478 e. The highest BCUT2D eigenvalue weighted by Gasteiger charge is 1.88. The zero-order valence-corrected chi connectivity index (χ0v) is 9.88. The first kappa shape index (κ1) is 20.3. The van der Waals surface area contributed by atoms with Crippen molar-refractivity contribution in [3.63, 3.8) is 0 Å². The summed E-state index contributed by atoms with van der Waals surface area (Å²) < 4.78 is 4.17. The minimum atomic E-state index is -1.26. The second-order valence-corrected chi connectivity index (χ2v) is 2.25. The van der Waals surface area contributed by atoms with Crippen molar-refractivity contribution in [2.75, 3.05) is 0 Å². The Hall–Kier alpha value is -2.08. The van der Waals surface area contributed by atoms with Crippen LogP contribution in [0.4, 0.5) is 0 Å². The summed E-state index contributed by atoms with van der Waals surface area (Å²) in [6.45, 7) is 7.61. The lowest BCUT2D eigenvalue weighted by molar-refractivity contribution is -0.135. The van der Waals surface area contributed by atoms with E-state index in [0.717, 1.165) is 6.26 Å². The maximum atomic E-state index is 9.75. The van der Waals surface area contributed by atoms with E-state index in [1.165, 1.54) is 12.5 Å². The van der Waals surface area contributed by atoms with Crippen molar-refractivity contribution in [3.8, 4) is 0 Å². The van der Waals surface area contributed by atoms with Crippen molar-refractivity contribution in [2.24, 2.45) is 0 Å². The van der Waals surface area contributed by atoms with Crippen molar-refractivity contribution < 1.29 is 29.3 Å². The molecule has 96 valence electrons. The molecular formula is C10H13ClO6. The predicted octanol–water partition coefficient (Wildman–Crippen LogP) is 1.77. The van der Waals surface area contributed by atoms with Gasteiger partial charge in [-0.1, -0.05) is 24.8 Å². The number of carbonyl (C=O) groups excluding carboxylic acids is 1. The average Bonchev–Trinajstić information content (AvgIpc) is 2.16. The average molecular weight is 265 g/mol. The Labute approximate surface area is 103 Å². The molecule has 0 aromatic heterocycles. The predicted molar refractivity (Wildman–Crippen MR) is 62.4 cm³/mol. The summed E-state index contributed by atoms with van der Waals surface area (Å²) in [5.41, 5.74) is 1.22. The topological polar surface area (TPSA) is 101 Å². The van der Waals surface area contributed by atoms with Crippen molar-refractivity contribution in [2.45, 2.75) is 6.92 Å². The standard InChI is InChI=1S/C4H4O4.C4H6O2.C2H3Cl/c5-3(6)1-2-4(7)8;1-3-6-4(2)5;1-2-3/h1-2H,(H,5,6)(H,7,8);3H,1H2,2H3;2H,1H2/b2-1-;;. The summed E-state index contributed by atoms with van der Waals surface area (Å²) in [6.07, 6.45) is 2.22. The van der Waals surface area contributed by atoms with Crippen LogP contribution in [0.25, 0.3) is 0 Å². The van der Waals surface area contributed by atoms with Crippen LogP contribution in [0.15, 0.2) is 37.1 Å². The fraction of sp³-hybridized carbons (Fsp3) is 0.100. The molecule has 0 aliphatic heterocycles. The number of rotatable bonds is 3. The fourth-order valence-electron chi connectivity index (χ4n) is 0.260. The number of esters is 1. The van der Waals surface area contributed by atoms with Gasteiger partial charge < -0.3 is 14.9 Å². The zero-order chi connectivity index (χ0) is 14.3. The van der Waals surface area contributed by atoms with E-state index in [0.29, 0.717) is 12.2 Å². The van der Waals surface area contributed by atoms with Crippen LogP contribution in [0.3, 0.4) is 0 Å². The second kappa shape index (κ2) is 16.4. The summed E-state index contributed by atoms with van der Waals surface area (Å²) in [5, 5.41) is 15.6. The van der Waals surface area contributed by atoms with E-state index in [-0.39, 0.29) is 5.97 Å². The summed E-state index contributed by atoms with van der Waals surface area (Å²) in [4.78, 5) is 28.9. The second-order valence-electron chi connectivity index (χ2n) is 1.94. The Kier molecular flexibility index (Phi) is 19.6. The number of hydrogen-bond acceptors (Lipinski definition) is 4. The molecule has 2 N–H and O–H groups in total. The van der Waals surface area contributed by atoms with E-state index in [2.05, 4.69) is 17.9 Å². The Bertz CT molecular complexity index is 279. The molecule has 6 nitrogen and oxygen atoms in total. The van der Waals surface area contributed by atoms with Gasteiger partial charge in [0, 0.05) is 19.1 Å². The van der Waals surface area contributed by atoms with Gasteiger partial charge in [0.25, 0.3) is 0 Å². The summed E-state index contributed by atoms with van der Waals surface area (Å²) in [6, 6.07) is 0. The van der Waals surface area contributed by atoms with Crippen molar-refractivity contribution in [1.82, 2.24) is 0 Å². The number of carboxylic acids is 2. The number of hydrogen-bond donors (Lipinski definition) is 2. The molecule has 17 heavy (non-hydrogen) atoms. The summed E-state index contributed by atoms with van der Waals surface area (Å²) in [5.74, 6) is -2.84. The highest BCUT2D eigenvalue weighted by atomic mass is 35.5. The van der Waals surface area contributed by atoms with E-state index in [9.17, 15) is 14.4 Å². The highest BCUT2D eigenvalue weighted by molar-refractivity contribution is 6.25. The number of carboxylic acid groups (broad SMARTS) is 2. The van der Waals surface area contributed by atoms with Gasteiger partial charge in [-0.2, -0.15) is 0 Å². The molecule has 0 fully saturated rings. The maximum Gasteiger partial charge on any atom is 0.328 e. The third kappa shape index (κ3) is 56.4.